The van der Waals surface area contributed by atoms with Crippen molar-refractivity contribution < 1.29 is 4.84 Å². The first kappa shape index (κ1) is 12.9. The molecule has 0 fully saturated rings. The van der Waals surface area contributed by atoms with Crippen molar-refractivity contribution in [3.05, 3.63) is 69.7 Å². The molecule has 3 heteroatoms. The van der Waals surface area contributed by atoms with Gasteiger partial charge in [0.15, 0.2) is 0 Å². The van der Waals surface area contributed by atoms with E-state index in [0.717, 1.165) is 12.8 Å². The van der Waals surface area contributed by atoms with Crippen LogP contribution in [0.2, 0.25) is 0 Å². The van der Waals surface area contributed by atoms with Crippen molar-refractivity contribution >= 4 is 15.9 Å². The number of rotatable bonds is 4. The second kappa shape index (κ2) is 5.87. The molecule has 2 nitrogen and oxygen atoms in total. The zero-order valence-electron chi connectivity index (χ0n) is 10.6. The van der Waals surface area contributed by atoms with E-state index in [1.165, 1.54) is 21.2 Å². The van der Waals surface area contributed by atoms with Gasteiger partial charge in [-0.15, -0.1) is 0 Å². The number of hydrogen-bond acceptors (Lipinski definition) is 2. The third-order valence-corrected chi connectivity index (χ3v) is 4.26. The summed E-state index contributed by atoms with van der Waals surface area (Å²) in [6.45, 7) is 0.598. The van der Waals surface area contributed by atoms with Crippen LogP contribution in [0.15, 0.2) is 53.0 Å². The number of nitrogens with one attached hydrogen (secondary N) is 1. The summed E-state index contributed by atoms with van der Waals surface area (Å²) < 4.78 is 1.21. The van der Waals surface area contributed by atoms with Crippen LogP contribution in [-0.4, -0.2) is 0 Å². The second-order valence-electron chi connectivity index (χ2n) is 4.79. The molecule has 1 unspecified atom stereocenters. The Balaban J connectivity index is 1.60. The summed E-state index contributed by atoms with van der Waals surface area (Å²) in [6, 6.07) is 16.9. The predicted molar refractivity (Wildman–Crippen MR) is 79.6 cm³/mol. The topological polar surface area (TPSA) is 21.3 Å². The van der Waals surface area contributed by atoms with Crippen LogP contribution in [0.5, 0.6) is 0 Å². The zero-order chi connectivity index (χ0) is 13.1. The fraction of sp³-hybridized carbons (Fsp3) is 0.250. The van der Waals surface area contributed by atoms with Gasteiger partial charge < -0.3 is 0 Å². The first-order valence-corrected chi connectivity index (χ1v) is 7.32. The molecular weight excluding hydrogens is 302 g/mol. The van der Waals surface area contributed by atoms with Crippen molar-refractivity contribution in [3.8, 4) is 0 Å². The maximum absolute atomic E-state index is 5.64. The fourth-order valence-electron chi connectivity index (χ4n) is 2.53. The van der Waals surface area contributed by atoms with Gasteiger partial charge in [0, 0.05) is 4.47 Å². The van der Waals surface area contributed by atoms with Crippen LogP contribution < -0.4 is 5.48 Å². The van der Waals surface area contributed by atoms with Gasteiger partial charge in [-0.1, -0.05) is 58.4 Å². The van der Waals surface area contributed by atoms with Crippen LogP contribution in [0.4, 0.5) is 0 Å². The molecule has 1 aliphatic rings. The van der Waals surface area contributed by atoms with Crippen molar-refractivity contribution in [2.24, 2.45) is 0 Å². The lowest BCUT2D eigenvalue weighted by atomic mass is 10.1. The van der Waals surface area contributed by atoms with Crippen molar-refractivity contribution in [1.82, 2.24) is 5.48 Å². The van der Waals surface area contributed by atoms with Crippen molar-refractivity contribution in [2.45, 2.75) is 25.5 Å². The summed E-state index contributed by atoms with van der Waals surface area (Å²) in [5, 5.41) is 0. The Morgan fingerprint density at radius 2 is 1.95 bits per heavy atom. The third kappa shape index (κ3) is 2.89. The predicted octanol–water partition coefficient (Wildman–Crippen LogP) is 4.16. The molecule has 0 radical (unpaired) electrons. The second-order valence-corrected chi connectivity index (χ2v) is 5.65. The Labute approximate surface area is 121 Å². The molecule has 2 aromatic carbocycles. The lowest BCUT2D eigenvalue weighted by Crippen LogP contribution is -2.19. The highest BCUT2D eigenvalue weighted by Gasteiger charge is 2.23. The van der Waals surface area contributed by atoms with Gasteiger partial charge in [0.05, 0.1) is 12.6 Å². The minimum absolute atomic E-state index is 0.302. The van der Waals surface area contributed by atoms with Crippen LogP contribution >= 0.6 is 15.9 Å². The van der Waals surface area contributed by atoms with Gasteiger partial charge in [0.25, 0.3) is 0 Å². The molecule has 98 valence electrons. The molecule has 0 saturated heterocycles. The molecule has 1 aliphatic carbocycles. The number of hydroxylamine groups is 1. The molecular formula is C16H16BrNO. The third-order valence-electron chi connectivity index (χ3n) is 3.52. The number of halogens is 1. The van der Waals surface area contributed by atoms with Crippen LogP contribution in [0.25, 0.3) is 0 Å². The first-order valence-electron chi connectivity index (χ1n) is 6.53. The van der Waals surface area contributed by atoms with E-state index in [-0.39, 0.29) is 0 Å². The fourth-order valence-corrected chi connectivity index (χ4v) is 3.11. The van der Waals surface area contributed by atoms with Crippen molar-refractivity contribution in [2.75, 3.05) is 0 Å². The summed E-state index contributed by atoms with van der Waals surface area (Å²) in [5.41, 5.74) is 7.13. The van der Waals surface area contributed by atoms with E-state index in [0.29, 0.717) is 12.6 Å². The quantitative estimate of drug-likeness (QED) is 0.855. The van der Waals surface area contributed by atoms with E-state index in [4.69, 9.17) is 4.84 Å². The summed E-state index contributed by atoms with van der Waals surface area (Å²) in [6.07, 6.45) is 2.19. The van der Waals surface area contributed by atoms with Crippen LogP contribution in [0.1, 0.15) is 29.2 Å². The smallest absolute Gasteiger partial charge is 0.0933 e. The Morgan fingerprint density at radius 1 is 1.11 bits per heavy atom. The molecule has 3 rings (SSSR count). The monoisotopic (exact) mass is 317 g/mol. The largest absolute Gasteiger partial charge is 0.296 e. The standard InChI is InChI=1S/C16H16BrNO/c17-15-8-4-7-14-13(15)9-10-16(14)18-19-11-12-5-2-1-3-6-12/h1-8,16,18H,9-11H2. The van der Waals surface area contributed by atoms with Gasteiger partial charge in [0.1, 0.15) is 0 Å². The van der Waals surface area contributed by atoms with Crippen LogP contribution in [0, 0.1) is 0 Å². The molecule has 0 heterocycles. The molecule has 0 saturated carbocycles. The molecule has 0 aliphatic heterocycles. The molecule has 1 N–H and O–H groups in total. The normalized spacial score (nSPS) is 17.4. The maximum atomic E-state index is 5.64. The van der Waals surface area contributed by atoms with E-state index in [9.17, 15) is 0 Å². The van der Waals surface area contributed by atoms with E-state index in [2.05, 4.69) is 51.7 Å². The molecule has 0 spiro atoms. The highest BCUT2D eigenvalue weighted by atomic mass is 79.9. The van der Waals surface area contributed by atoms with Crippen LogP contribution in [0.3, 0.4) is 0 Å². The maximum Gasteiger partial charge on any atom is 0.0933 e. The van der Waals surface area contributed by atoms with Gasteiger partial charge in [0.2, 0.25) is 0 Å². The average Bonchev–Trinajstić information content (AvgIpc) is 2.85. The van der Waals surface area contributed by atoms with E-state index in [1.54, 1.807) is 0 Å². The molecule has 2 aromatic rings. The lowest BCUT2D eigenvalue weighted by Gasteiger charge is -2.14. The van der Waals surface area contributed by atoms with Crippen molar-refractivity contribution in [1.29, 1.82) is 0 Å². The Bertz CT molecular complexity index is 556. The van der Waals surface area contributed by atoms with Gasteiger partial charge in [-0.25, -0.2) is 0 Å². The number of hydrogen-bond donors (Lipinski definition) is 1. The van der Waals surface area contributed by atoms with E-state index < -0.39 is 0 Å². The Kier molecular flexibility index (Phi) is 3.97. The van der Waals surface area contributed by atoms with Gasteiger partial charge in [-0.2, -0.15) is 5.48 Å². The molecule has 0 amide bonds. The molecule has 0 aromatic heterocycles. The Morgan fingerprint density at radius 3 is 2.79 bits per heavy atom. The summed E-state index contributed by atoms with van der Waals surface area (Å²) in [5.74, 6) is 0. The van der Waals surface area contributed by atoms with Crippen LogP contribution in [-0.2, 0) is 17.9 Å². The van der Waals surface area contributed by atoms with E-state index in [1.807, 2.05) is 18.2 Å². The molecule has 0 bridgehead atoms. The van der Waals surface area contributed by atoms with E-state index >= 15 is 0 Å². The molecule has 1 atom stereocenters. The summed E-state index contributed by atoms with van der Waals surface area (Å²) >= 11 is 3.61. The van der Waals surface area contributed by atoms with Gasteiger partial charge >= 0.3 is 0 Å². The minimum Gasteiger partial charge on any atom is -0.296 e. The molecule has 19 heavy (non-hydrogen) atoms. The van der Waals surface area contributed by atoms with Gasteiger partial charge in [-0.05, 0) is 35.6 Å². The number of benzene rings is 2. The first-order chi connectivity index (χ1) is 9.34. The lowest BCUT2D eigenvalue weighted by molar-refractivity contribution is 0.00332. The van der Waals surface area contributed by atoms with Crippen molar-refractivity contribution in [3.63, 3.8) is 0 Å². The average molecular weight is 318 g/mol. The zero-order valence-corrected chi connectivity index (χ0v) is 12.2. The minimum atomic E-state index is 0.302. The summed E-state index contributed by atoms with van der Waals surface area (Å²) in [4.78, 5) is 5.64. The SMILES string of the molecule is Brc1cccc2c1CCC2NOCc1ccccc1. The highest BCUT2D eigenvalue weighted by Crippen LogP contribution is 2.35. The summed E-state index contributed by atoms with van der Waals surface area (Å²) in [7, 11) is 0. The Hall–Kier alpha value is -1.16. The number of fused-ring (bicyclic) bond motifs is 1. The van der Waals surface area contributed by atoms with Gasteiger partial charge in [-0.3, -0.25) is 4.84 Å². The highest BCUT2D eigenvalue weighted by molar-refractivity contribution is 9.10.